The van der Waals surface area contributed by atoms with Gasteiger partial charge in [0, 0.05) is 11.6 Å². The minimum Gasteiger partial charge on any atom is -0.466 e. The van der Waals surface area contributed by atoms with E-state index in [9.17, 15) is 9.59 Å². The van der Waals surface area contributed by atoms with E-state index in [1.165, 1.54) is 19.8 Å². The summed E-state index contributed by atoms with van der Waals surface area (Å²) >= 11 is 5.89. The third kappa shape index (κ3) is 2.77. The number of nitrogens with one attached hydrogen (secondary N) is 2. The summed E-state index contributed by atoms with van der Waals surface area (Å²) in [7, 11) is 0. The summed E-state index contributed by atoms with van der Waals surface area (Å²) in [6, 6.07) is 4.92. The van der Waals surface area contributed by atoms with E-state index in [-0.39, 0.29) is 0 Å². The first-order valence-corrected chi connectivity index (χ1v) is 7.95. The second-order valence-corrected chi connectivity index (χ2v) is 6.53. The standard InChI is InChI=1S/C16H19ClN2O3/c1-16(14(20)18-9-10-4-2-3-5-10)15(21)19-12-8-11(17)6-7-13(12)22-16/h6-8,10H,2-5,9H2,1H3,(H,18,20)(H,19,21). The predicted molar refractivity (Wildman–Crippen MR) is 84.1 cm³/mol. The first kappa shape index (κ1) is 15.2. The zero-order valence-corrected chi connectivity index (χ0v) is 13.2. The van der Waals surface area contributed by atoms with Crippen molar-refractivity contribution in [2.45, 2.75) is 38.2 Å². The molecule has 1 saturated carbocycles. The Labute approximate surface area is 134 Å². The molecule has 0 aromatic heterocycles. The fourth-order valence-electron chi connectivity index (χ4n) is 2.97. The lowest BCUT2D eigenvalue weighted by molar-refractivity contribution is -0.146. The highest BCUT2D eigenvalue weighted by molar-refractivity contribution is 6.31. The lowest BCUT2D eigenvalue weighted by Crippen LogP contribution is -2.59. The summed E-state index contributed by atoms with van der Waals surface area (Å²) in [5.41, 5.74) is -1.07. The van der Waals surface area contributed by atoms with Crippen LogP contribution in [0.5, 0.6) is 5.75 Å². The van der Waals surface area contributed by atoms with E-state index in [1.807, 2.05) is 0 Å². The van der Waals surface area contributed by atoms with Gasteiger partial charge in [0.25, 0.3) is 17.4 Å². The van der Waals surface area contributed by atoms with Crippen molar-refractivity contribution in [3.8, 4) is 5.75 Å². The monoisotopic (exact) mass is 322 g/mol. The van der Waals surface area contributed by atoms with Crippen LogP contribution in [0.15, 0.2) is 18.2 Å². The van der Waals surface area contributed by atoms with Crippen molar-refractivity contribution in [1.82, 2.24) is 5.32 Å². The highest BCUT2D eigenvalue weighted by Crippen LogP contribution is 2.35. The normalized spacial score (nSPS) is 24.4. The molecular weight excluding hydrogens is 304 g/mol. The Hall–Kier alpha value is -1.75. The first-order chi connectivity index (χ1) is 10.5. The van der Waals surface area contributed by atoms with Gasteiger partial charge >= 0.3 is 0 Å². The molecule has 22 heavy (non-hydrogen) atoms. The summed E-state index contributed by atoms with van der Waals surface area (Å²) in [4.78, 5) is 24.7. The lowest BCUT2D eigenvalue weighted by Gasteiger charge is -2.33. The number of hydrogen-bond acceptors (Lipinski definition) is 3. The van der Waals surface area contributed by atoms with E-state index in [0.717, 1.165) is 12.8 Å². The van der Waals surface area contributed by atoms with Crippen LogP contribution < -0.4 is 15.4 Å². The largest absolute Gasteiger partial charge is 0.466 e. The third-order valence-corrected chi connectivity index (χ3v) is 4.63. The molecule has 1 atom stereocenters. The van der Waals surface area contributed by atoms with Gasteiger partial charge in [-0.25, -0.2) is 0 Å². The summed E-state index contributed by atoms with van der Waals surface area (Å²) in [6.07, 6.45) is 4.68. The molecule has 5 nitrogen and oxygen atoms in total. The van der Waals surface area contributed by atoms with Crippen molar-refractivity contribution < 1.29 is 14.3 Å². The summed E-state index contributed by atoms with van der Waals surface area (Å²) in [6.45, 7) is 2.09. The number of hydrogen-bond donors (Lipinski definition) is 2. The molecule has 2 aliphatic rings. The van der Waals surface area contributed by atoms with Gasteiger partial charge in [0.1, 0.15) is 5.75 Å². The van der Waals surface area contributed by atoms with E-state index in [0.29, 0.717) is 28.9 Å². The van der Waals surface area contributed by atoms with Crippen molar-refractivity contribution >= 4 is 29.1 Å². The fraction of sp³-hybridized carbons (Fsp3) is 0.500. The van der Waals surface area contributed by atoms with Crippen LogP contribution >= 0.6 is 11.6 Å². The van der Waals surface area contributed by atoms with Gasteiger partial charge in [-0.1, -0.05) is 24.4 Å². The summed E-state index contributed by atoms with van der Waals surface area (Å²) < 4.78 is 5.68. The minimum atomic E-state index is -1.56. The SMILES string of the molecule is CC1(C(=O)NCC2CCCC2)Oc2ccc(Cl)cc2NC1=O. The van der Waals surface area contributed by atoms with Crippen LogP contribution in [-0.2, 0) is 9.59 Å². The van der Waals surface area contributed by atoms with Crippen molar-refractivity contribution in [2.75, 3.05) is 11.9 Å². The van der Waals surface area contributed by atoms with Crippen LogP contribution in [-0.4, -0.2) is 24.0 Å². The molecule has 2 N–H and O–H groups in total. The van der Waals surface area contributed by atoms with E-state index < -0.39 is 17.4 Å². The molecule has 1 heterocycles. The molecular formula is C16H19ClN2O3. The van der Waals surface area contributed by atoms with Gasteiger partial charge in [0.15, 0.2) is 0 Å². The third-order valence-electron chi connectivity index (χ3n) is 4.40. The van der Waals surface area contributed by atoms with Gasteiger partial charge < -0.3 is 15.4 Å². The Morgan fingerprint density at radius 2 is 2.18 bits per heavy atom. The highest BCUT2D eigenvalue weighted by atomic mass is 35.5. The van der Waals surface area contributed by atoms with Gasteiger partial charge in [-0.3, -0.25) is 9.59 Å². The van der Waals surface area contributed by atoms with E-state index >= 15 is 0 Å². The lowest BCUT2D eigenvalue weighted by atomic mass is 10.0. The molecule has 0 bridgehead atoms. The van der Waals surface area contributed by atoms with Crippen LogP contribution in [0.3, 0.4) is 0 Å². The molecule has 0 radical (unpaired) electrons. The van der Waals surface area contributed by atoms with Crippen LogP contribution in [0.2, 0.25) is 5.02 Å². The molecule has 1 aliphatic heterocycles. The van der Waals surface area contributed by atoms with Gasteiger partial charge in [-0.15, -0.1) is 0 Å². The Morgan fingerprint density at radius 3 is 2.91 bits per heavy atom. The van der Waals surface area contributed by atoms with Crippen molar-refractivity contribution in [2.24, 2.45) is 5.92 Å². The van der Waals surface area contributed by atoms with E-state index in [1.54, 1.807) is 18.2 Å². The second kappa shape index (κ2) is 5.80. The van der Waals surface area contributed by atoms with Gasteiger partial charge in [0.05, 0.1) is 5.69 Å². The zero-order chi connectivity index (χ0) is 15.7. The Bertz CT molecular complexity index is 613. The average Bonchev–Trinajstić information content (AvgIpc) is 2.99. The molecule has 2 amide bonds. The van der Waals surface area contributed by atoms with Gasteiger partial charge in [0.2, 0.25) is 0 Å². The predicted octanol–water partition coefficient (Wildman–Crippen LogP) is 2.74. The molecule has 1 aromatic carbocycles. The number of benzene rings is 1. The van der Waals surface area contributed by atoms with Crippen LogP contribution in [0.25, 0.3) is 0 Å². The number of fused-ring (bicyclic) bond motifs is 1. The van der Waals surface area contributed by atoms with Gasteiger partial charge in [-0.2, -0.15) is 0 Å². The number of halogens is 1. The minimum absolute atomic E-state index is 0.405. The van der Waals surface area contributed by atoms with E-state index in [2.05, 4.69) is 10.6 Å². The van der Waals surface area contributed by atoms with Gasteiger partial charge in [-0.05, 0) is 43.9 Å². The maximum atomic E-state index is 12.4. The Balaban J connectivity index is 1.72. The van der Waals surface area contributed by atoms with Crippen LogP contribution in [0.4, 0.5) is 5.69 Å². The zero-order valence-electron chi connectivity index (χ0n) is 12.4. The molecule has 6 heteroatoms. The number of anilines is 1. The van der Waals surface area contributed by atoms with Crippen LogP contribution in [0.1, 0.15) is 32.6 Å². The fourth-order valence-corrected chi connectivity index (χ4v) is 3.14. The summed E-state index contributed by atoms with van der Waals surface area (Å²) in [5, 5.41) is 6.04. The first-order valence-electron chi connectivity index (χ1n) is 7.57. The number of amides is 2. The molecule has 3 rings (SSSR count). The Morgan fingerprint density at radius 1 is 1.45 bits per heavy atom. The number of carbonyl (C=O) groups excluding carboxylic acids is 2. The Kier molecular flexibility index (Phi) is 4.00. The number of carbonyl (C=O) groups is 2. The molecule has 0 saturated heterocycles. The molecule has 118 valence electrons. The smallest absolute Gasteiger partial charge is 0.278 e. The van der Waals surface area contributed by atoms with Crippen molar-refractivity contribution in [1.29, 1.82) is 0 Å². The van der Waals surface area contributed by atoms with E-state index in [4.69, 9.17) is 16.3 Å². The molecule has 1 unspecified atom stereocenters. The quantitative estimate of drug-likeness (QED) is 0.841. The molecule has 1 aromatic rings. The second-order valence-electron chi connectivity index (χ2n) is 6.09. The number of rotatable bonds is 3. The maximum absolute atomic E-state index is 12.4. The highest BCUT2D eigenvalue weighted by Gasteiger charge is 2.47. The molecule has 0 spiro atoms. The maximum Gasteiger partial charge on any atom is 0.278 e. The van der Waals surface area contributed by atoms with Crippen molar-refractivity contribution in [3.05, 3.63) is 23.2 Å². The van der Waals surface area contributed by atoms with Crippen LogP contribution in [0, 0.1) is 5.92 Å². The van der Waals surface area contributed by atoms with Crippen molar-refractivity contribution in [3.63, 3.8) is 0 Å². The number of ether oxygens (including phenoxy) is 1. The molecule has 1 fully saturated rings. The molecule has 1 aliphatic carbocycles. The topological polar surface area (TPSA) is 67.4 Å². The summed E-state index contributed by atoms with van der Waals surface area (Å²) in [5.74, 6) is 0.0662. The average molecular weight is 323 g/mol.